The third kappa shape index (κ3) is 2.91. The van der Waals surface area contributed by atoms with Crippen molar-refractivity contribution in [2.24, 2.45) is 17.8 Å². The molecular weight excluding hydrogens is 222 g/mol. The topological polar surface area (TPSA) is 32.3 Å². The van der Waals surface area contributed by atoms with Crippen LogP contribution in [0.2, 0.25) is 0 Å². The van der Waals surface area contributed by atoms with Crippen LogP contribution in [-0.2, 0) is 0 Å². The van der Waals surface area contributed by atoms with E-state index in [1.54, 1.807) is 0 Å². The van der Waals surface area contributed by atoms with Crippen LogP contribution in [0.4, 0.5) is 0 Å². The van der Waals surface area contributed by atoms with Gasteiger partial charge in [-0.3, -0.25) is 0 Å². The minimum absolute atomic E-state index is 0.329. The highest BCUT2D eigenvalue weighted by Crippen LogP contribution is 2.44. The van der Waals surface area contributed by atoms with E-state index in [1.807, 2.05) is 0 Å². The first-order valence-corrected chi connectivity index (χ1v) is 8.00. The molecule has 2 N–H and O–H groups in total. The SMILES string of the molecule is CC1CCC(C(C)C)C(O)(C2CCCCCN2)C1. The lowest BCUT2D eigenvalue weighted by molar-refractivity contribution is -0.106. The van der Waals surface area contributed by atoms with E-state index in [1.165, 1.54) is 32.1 Å². The highest BCUT2D eigenvalue weighted by Gasteiger charge is 2.47. The lowest BCUT2D eigenvalue weighted by Gasteiger charge is -2.49. The number of rotatable bonds is 2. The van der Waals surface area contributed by atoms with E-state index >= 15 is 0 Å². The highest BCUT2D eigenvalue weighted by atomic mass is 16.3. The van der Waals surface area contributed by atoms with Gasteiger partial charge >= 0.3 is 0 Å². The summed E-state index contributed by atoms with van der Waals surface area (Å²) in [6.45, 7) is 7.95. The Morgan fingerprint density at radius 1 is 1.11 bits per heavy atom. The summed E-state index contributed by atoms with van der Waals surface area (Å²) < 4.78 is 0. The van der Waals surface area contributed by atoms with E-state index in [9.17, 15) is 5.11 Å². The van der Waals surface area contributed by atoms with E-state index in [-0.39, 0.29) is 0 Å². The molecule has 1 saturated carbocycles. The molecule has 0 spiro atoms. The normalized spacial score (nSPS) is 42.8. The molecule has 0 aromatic carbocycles. The summed E-state index contributed by atoms with van der Waals surface area (Å²) in [6.07, 6.45) is 8.51. The third-order valence-electron chi connectivity index (χ3n) is 5.26. The molecule has 2 nitrogen and oxygen atoms in total. The Hall–Kier alpha value is -0.0800. The zero-order valence-electron chi connectivity index (χ0n) is 12.4. The summed E-state index contributed by atoms with van der Waals surface area (Å²) in [5.74, 6) is 1.74. The van der Waals surface area contributed by atoms with Crippen molar-refractivity contribution in [1.82, 2.24) is 5.32 Å². The monoisotopic (exact) mass is 253 g/mol. The fraction of sp³-hybridized carbons (Fsp3) is 1.00. The first-order valence-electron chi connectivity index (χ1n) is 8.00. The van der Waals surface area contributed by atoms with Gasteiger partial charge in [0.1, 0.15) is 0 Å². The molecule has 0 radical (unpaired) electrons. The van der Waals surface area contributed by atoms with Crippen molar-refractivity contribution >= 4 is 0 Å². The molecule has 0 aromatic rings. The Balaban J connectivity index is 2.16. The van der Waals surface area contributed by atoms with E-state index in [2.05, 4.69) is 26.1 Å². The molecule has 1 saturated heterocycles. The van der Waals surface area contributed by atoms with Gasteiger partial charge in [0.15, 0.2) is 0 Å². The van der Waals surface area contributed by atoms with Crippen LogP contribution >= 0.6 is 0 Å². The van der Waals surface area contributed by atoms with Gasteiger partial charge in [0, 0.05) is 6.04 Å². The number of hydrogen-bond acceptors (Lipinski definition) is 2. The van der Waals surface area contributed by atoms with Gasteiger partial charge in [-0.25, -0.2) is 0 Å². The molecule has 4 unspecified atom stereocenters. The zero-order valence-corrected chi connectivity index (χ0v) is 12.4. The van der Waals surface area contributed by atoms with Crippen molar-refractivity contribution in [3.63, 3.8) is 0 Å². The molecule has 1 heterocycles. The lowest BCUT2D eigenvalue weighted by atomic mass is 9.63. The Bertz CT molecular complexity index is 258. The Kier molecular flexibility index (Phi) is 4.71. The van der Waals surface area contributed by atoms with Gasteiger partial charge in [0.2, 0.25) is 0 Å². The van der Waals surface area contributed by atoms with Crippen LogP contribution in [-0.4, -0.2) is 23.3 Å². The van der Waals surface area contributed by atoms with Crippen LogP contribution in [0.1, 0.15) is 65.7 Å². The molecule has 0 amide bonds. The molecule has 2 fully saturated rings. The molecule has 0 bridgehead atoms. The van der Waals surface area contributed by atoms with E-state index in [0.717, 1.165) is 19.4 Å². The van der Waals surface area contributed by atoms with Gasteiger partial charge in [0.25, 0.3) is 0 Å². The standard InChI is InChI=1S/C16H31NO/c1-12(2)14-9-8-13(3)11-16(14,18)15-7-5-4-6-10-17-15/h12-15,17-18H,4-11H2,1-3H3. The molecule has 18 heavy (non-hydrogen) atoms. The summed E-state index contributed by atoms with van der Waals surface area (Å²) in [5, 5.41) is 15.0. The van der Waals surface area contributed by atoms with Crippen molar-refractivity contribution in [2.45, 2.75) is 77.4 Å². The average molecular weight is 253 g/mol. The first-order chi connectivity index (χ1) is 8.54. The zero-order chi connectivity index (χ0) is 13.2. The molecule has 0 aromatic heterocycles. The summed E-state index contributed by atoms with van der Waals surface area (Å²) in [7, 11) is 0. The molecular formula is C16H31NO. The molecule has 1 aliphatic heterocycles. The Morgan fingerprint density at radius 3 is 2.61 bits per heavy atom. The van der Waals surface area contributed by atoms with E-state index in [4.69, 9.17) is 0 Å². The van der Waals surface area contributed by atoms with Gasteiger partial charge < -0.3 is 10.4 Å². The van der Waals surface area contributed by atoms with E-state index < -0.39 is 5.60 Å². The average Bonchev–Trinajstić information content (AvgIpc) is 2.57. The van der Waals surface area contributed by atoms with Crippen molar-refractivity contribution < 1.29 is 5.11 Å². The lowest BCUT2D eigenvalue weighted by Crippen LogP contribution is -2.58. The third-order valence-corrected chi connectivity index (χ3v) is 5.26. The molecule has 1 aliphatic carbocycles. The van der Waals surface area contributed by atoms with Crippen LogP contribution in [0.3, 0.4) is 0 Å². The first kappa shape index (κ1) is 14.3. The molecule has 2 heteroatoms. The van der Waals surface area contributed by atoms with Crippen LogP contribution in [0.5, 0.6) is 0 Å². The number of hydrogen-bond donors (Lipinski definition) is 2. The summed E-state index contributed by atoms with van der Waals surface area (Å²) >= 11 is 0. The maximum absolute atomic E-state index is 11.4. The second kappa shape index (κ2) is 5.92. The predicted molar refractivity (Wildman–Crippen MR) is 76.6 cm³/mol. The summed E-state index contributed by atoms with van der Waals surface area (Å²) in [5.41, 5.74) is -0.462. The Labute approximate surface area is 113 Å². The molecule has 106 valence electrons. The van der Waals surface area contributed by atoms with E-state index in [0.29, 0.717) is 23.8 Å². The second-order valence-electron chi connectivity index (χ2n) is 7.08. The van der Waals surface area contributed by atoms with Gasteiger partial charge in [0.05, 0.1) is 5.60 Å². The summed E-state index contributed by atoms with van der Waals surface area (Å²) in [4.78, 5) is 0. The van der Waals surface area contributed by atoms with Crippen molar-refractivity contribution in [3.05, 3.63) is 0 Å². The number of nitrogens with one attached hydrogen (secondary N) is 1. The predicted octanol–water partition coefficient (Wildman–Crippen LogP) is 3.34. The van der Waals surface area contributed by atoms with Crippen LogP contribution < -0.4 is 5.32 Å². The van der Waals surface area contributed by atoms with Gasteiger partial charge in [-0.15, -0.1) is 0 Å². The molecule has 2 aliphatic rings. The second-order valence-corrected chi connectivity index (χ2v) is 7.08. The molecule has 2 rings (SSSR count). The van der Waals surface area contributed by atoms with Crippen molar-refractivity contribution in [2.75, 3.05) is 6.54 Å². The maximum Gasteiger partial charge on any atom is 0.0832 e. The maximum atomic E-state index is 11.4. The fourth-order valence-corrected chi connectivity index (χ4v) is 4.29. The van der Waals surface area contributed by atoms with Gasteiger partial charge in [-0.1, -0.05) is 40.0 Å². The van der Waals surface area contributed by atoms with Crippen LogP contribution in [0.15, 0.2) is 0 Å². The van der Waals surface area contributed by atoms with Crippen molar-refractivity contribution in [1.29, 1.82) is 0 Å². The Morgan fingerprint density at radius 2 is 1.89 bits per heavy atom. The van der Waals surface area contributed by atoms with Gasteiger partial charge in [-0.05, 0) is 50.0 Å². The molecule has 4 atom stereocenters. The van der Waals surface area contributed by atoms with Crippen LogP contribution in [0, 0.1) is 17.8 Å². The quantitative estimate of drug-likeness (QED) is 0.791. The number of aliphatic hydroxyl groups is 1. The largest absolute Gasteiger partial charge is 0.388 e. The fourth-order valence-electron chi connectivity index (χ4n) is 4.29. The van der Waals surface area contributed by atoms with Gasteiger partial charge in [-0.2, -0.15) is 0 Å². The minimum Gasteiger partial charge on any atom is -0.388 e. The highest BCUT2D eigenvalue weighted by molar-refractivity contribution is 5.01. The smallest absolute Gasteiger partial charge is 0.0832 e. The minimum atomic E-state index is -0.462. The van der Waals surface area contributed by atoms with Crippen molar-refractivity contribution in [3.8, 4) is 0 Å². The summed E-state index contributed by atoms with van der Waals surface area (Å²) in [6, 6.07) is 0.329. The van der Waals surface area contributed by atoms with Crippen LogP contribution in [0.25, 0.3) is 0 Å².